The zero-order chi connectivity index (χ0) is 24.4. The number of hydrogen-bond acceptors (Lipinski definition) is 7. The van der Waals surface area contributed by atoms with Gasteiger partial charge in [0.1, 0.15) is 29.1 Å². The van der Waals surface area contributed by atoms with Gasteiger partial charge in [-0.2, -0.15) is 0 Å². The Morgan fingerprint density at radius 3 is 1.79 bits per heavy atom. The predicted octanol–water partition coefficient (Wildman–Crippen LogP) is 4.51. The first-order valence-electron chi connectivity index (χ1n) is 10.9. The second-order valence-electron chi connectivity index (χ2n) is 8.01. The van der Waals surface area contributed by atoms with Gasteiger partial charge in [0, 0.05) is 29.2 Å². The summed E-state index contributed by atoms with van der Waals surface area (Å²) in [6, 6.07) is 13.3. The molecular weight excluding hydrogens is 436 g/mol. The minimum Gasteiger partial charge on any atom is -0.497 e. The van der Waals surface area contributed by atoms with E-state index in [9.17, 15) is 5.11 Å². The van der Waals surface area contributed by atoms with Gasteiger partial charge in [0.2, 0.25) is 0 Å². The van der Waals surface area contributed by atoms with E-state index >= 15 is 0 Å². The lowest BCUT2D eigenvalue weighted by Gasteiger charge is -2.24. The van der Waals surface area contributed by atoms with E-state index in [1.165, 1.54) is 0 Å². The Balaban J connectivity index is 2.04. The molecule has 2 atom stereocenters. The smallest absolute Gasteiger partial charge is 0.161 e. The Hall–Kier alpha value is -3.58. The average Bonchev–Trinajstić information content (AvgIpc) is 3.01. The van der Waals surface area contributed by atoms with Crippen LogP contribution in [0.25, 0.3) is 0 Å². The van der Waals surface area contributed by atoms with Gasteiger partial charge in [0.15, 0.2) is 11.5 Å². The minimum atomic E-state index is -0.958. The van der Waals surface area contributed by atoms with E-state index in [1.807, 2.05) is 36.4 Å². The van der Waals surface area contributed by atoms with Crippen molar-refractivity contribution in [2.24, 2.45) is 0 Å². The lowest BCUT2D eigenvalue weighted by atomic mass is 9.84. The van der Waals surface area contributed by atoms with Crippen molar-refractivity contribution in [3.63, 3.8) is 0 Å². The number of hydrogen-bond donors (Lipinski definition) is 1. The molecule has 1 aliphatic carbocycles. The number of aliphatic hydroxyl groups excluding tert-OH is 1. The Morgan fingerprint density at radius 2 is 1.21 bits per heavy atom. The van der Waals surface area contributed by atoms with E-state index in [2.05, 4.69) is 0 Å². The molecule has 1 unspecified atom stereocenters. The van der Waals surface area contributed by atoms with Crippen LogP contribution in [0.5, 0.6) is 34.5 Å². The van der Waals surface area contributed by atoms with Crippen LogP contribution >= 0.6 is 0 Å². The second kappa shape index (κ2) is 9.73. The third-order valence-electron chi connectivity index (χ3n) is 6.41. The van der Waals surface area contributed by atoms with Crippen molar-refractivity contribution in [3.8, 4) is 34.5 Å². The number of rotatable bonds is 7. The number of methoxy groups -OCH3 is 6. The summed E-state index contributed by atoms with van der Waals surface area (Å²) in [7, 11) is 9.64. The first-order valence-corrected chi connectivity index (χ1v) is 10.9. The molecular formula is C27H30O7. The monoisotopic (exact) mass is 466 g/mol. The number of ether oxygens (including phenoxy) is 6. The number of benzene rings is 3. The van der Waals surface area contributed by atoms with Crippen molar-refractivity contribution in [2.75, 3.05) is 42.7 Å². The fourth-order valence-electron chi connectivity index (χ4n) is 4.76. The molecule has 0 bridgehead atoms. The van der Waals surface area contributed by atoms with Gasteiger partial charge in [0.05, 0.1) is 42.7 Å². The average molecular weight is 467 g/mol. The largest absolute Gasteiger partial charge is 0.497 e. The van der Waals surface area contributed by atoms with Gasteiger partial charge >= 0.3 is 0 Å². The van der Waals surface area contributed by atoms with Crippen LogP contribution in [0, 0.1) is 0 Å². The van der Waals surface area contributed by atoms with Gasteiger partial charge in [-0.1, -0.05) is 6.07 Å². The fourth-order valence-corrected chi connectivity index (χ4v) is 4.76. The van der Waals surface area contributed by atoms with E-state index in [1.54, 1.807) is 48.7 Å². The van der Waals surface area contributed by atoms with E-state index in [0.29, 0.717) is 52.0 Å². The summed E-state index contributed by atoms with van der Waals surface area (Å²) in [5.41, 5.74) is 4.17. The molecule has 7 nitrogen and oxygen atoms in total. The van der Waals surface area contributed by atoms with Gasteiger partial charge < -0.3 is 33.5 Å². The van der Waals surface area contributed by atoms with Crippen molar-refractivity contribution in [3.05, 3.63) is 70.3 Å². The van der Waals surface area contributed by atoms with Crippen LogP contribution < -0.4 is 28.4 Å². The molecule has 0 radical (unpaired) electrons. The molecule has 0 aliphatic heterocycles. The molecule has 1 N–H and O–H groups in total. The molecule has 0 aromatic heterocycles. The van der Waals surface area contributed by atoms with Gasteiger partial charge in [-0.25, -0.2) is 0 Å². The van der Waals surface area contributed by atoms with E-state index in [-0.39, 0.29) is 5.92 Å². The molecule has 0 amide bonds. The third kappa shape index (κ3) is 3.96. The maximum absolute atomic E-state index is 11.7. The SMILES string of the molecule is COc1cc2c(c(OC)c1)C(O)c1cc(OC)cc(OC)c1[C@@H](c1ccc(OC)c(OC)c1)C2. The third-order valence-corrected chi connectivity index (χ3v) is 6.41. The standard InChI is InChI=1S/C27H30O7/c1-29-17-9-16-10-19(15-7-8-21(31-3)22(11-15)32-4)26-20(12-18(30-2)14-24(26)34-6)27(28)25(16)23(13-17)33-5/h7-9,11-14,19,27-28H,10H2,1-6H3/t19-,27?/m1/s1. The van der Waals surface area contributed by atoms with Crippen LogP contribution in [-0.4, -0.2) is 47.8 Å². The maximum Gasteiger partial charge on any atom is 0.161 e. The normalized spacial score (nSPS) is 16.6. The zero-order valence-corrected chi connectivity index (χ0v) is 20.3. The van der Waals surface area contributed by atoms with Crippen molar-refractivity contribution in [1.29, 1.82) is 0 Å². The summed E-state index contributed by atoms with van der Waals surface area (Å²) in [4.78, 5) is 0. The molecule has 7 heteroatoms. The summed E-state index contributed by atoms with van der Waals surface area (Å²) < 4.78 is 33.6. The Kier molecular flexibility index (Phi) is 6.75. The van der Waals surface area contributed by atoms with E-state index in [4.69, 9.17) is 28.4 Å². The molecule has 180 valence electrons. The summed E-state index contributed by atoms with van der Waals surface area (Å²) in [5.74, 6) is 3.55. The van der Waals surface area contributed by atoms with Gasteiger partial charge in [-0.3, -0.25) is 0 Å². The van der Waals surface area contributed by atoms with Crippen LogP contribution in [0.1, 0.15) is 39.8 Å². The van der Waals surface area contributed by atoms with Crippen LogP contribution in [0.4, 0.5) is 0 Å². The highest BCUT2D eigenvalue weighted by Crippen LogP contribution is 2.50. The highest BCUT2D eigenvalue weighted by Gasteiger charge is 2.35. The molecule has 3 aromatic carbocycles. The van der Waals surface area contributed by atoms with Crippen LogP contribution in [-0.2, 0) is 6.42 Å². The maximum atomic E-state index is 11.7. The molecule has 0 saturated carbocycles. The lowest BCUT2D eigenvalue weighted by molar-refractivity contribution is 0.212. The van der Waals surface area contributed by atoms with Crippen molar-refractivity contribution in [1.82, 2.24) is 0 Å². The summed E-state index contributed by atoms with van der Waals surface area (Å²) in [5, 5.41) is 11.7. The topological polar surface area (TPSA) is 75.6 Å². The number of fused-ring (bicyclic) bond motifs is 2. The Bertz CT molecular complexity index is 1190. The van der Waals surface area contributed by atoms with Crippen LogP contribution in [0.15, 0.2) is 42.5 Å². The predicted molar refractivity (Wildman–Crippen MR) is 128 cm³/mol. The summed E-state index contributed by atoms with van der Waals surface area (Å²) >= 11 is 0. The quantitative estimate of drug-likeness (QED) is 0.549. The van der Waals surface area contributed by atoms with E-state index in [0.717, 1.165) is 16.7 Å². The number of aliphatic hydroxyl groups is 1. The summed E-state index contributed by atoms with van der Waals surface area (Å²) in [6.45, 7) is 0. The molecule has 0 fully saturated rings. The molecule has 34 heavy (non-hydrogen) atoms. The molecule has 3 aromatic rings. The van der Waals surface area contributed by atoms with Crippen LogP contribution in [0.2, 0.25) is 0 Å². The molecule has 0 heterocycles. The van der Waals surface area contributed by atoms with Gasteiger partial charge in [-0.05, 0) is 47.4 Å². The lowest BCUT2D eigenvalue weighted by Crippen LogP contribution is -2.10. The second-order valence-corrected chi connectivity index (χ2v) is 8.01. The molecule has 1 aliphatic rings. The first kappa shape index (κ1) is 23.6. The molecule has 4 rings (SSSR count). The Labute approximate surface area is 199 Å². The van der Waals surface area contributed by atoms with Crippen molar-refractivity contribution < 1.29 is 33.5 Å². The van der Waals surface area contributed by atoms with Crippen molar-refractivity contribution >= 4 is 0 Å². The fraction of sp³-hybridized carbons (Fsp3) is 0.333. The first-order chi connectivity index (χ1) is 16.5. The van der Waals surface area contributed by atoms with Crippen molar-refractivity contribution in [2.45, 2.75) is 18.4 Å². The Morgan fingerprint density at radius 1 is 0.618 bits per heavy atom. The van der Waals surface area contributed by atoms with Crippen LogP contribution in [0.3, 0.4) is 0 Å². The van der Waals surface area contributed by atoms with Gasteiger partial charge in [-0.15, -0.1) is 0 Å². The zero-order valence-electron chi connectivity index (χ0n) is 20.3. The molecule has 0 spiro atoms. The minimum absolute atomic E-state index is 0.164. The highest BCUT2D eigenvalue weighted by atomic mass is 16.5. The van der Waals surface area contributed by atoms with E-state index < -0.39 is 6.10 Å². The summed E-state index contributed by atoms with van der Waals surface area (Å²) in [6.07, 6.45) is -0.384. The molecule has 0 saturated heterocycles. The van der Waals surface area contributed by atoms with Gasteiger partial charge in [0.25, 0.3) is 0 Å². The highest BCUT2D eigenvalue weighted by molar-refractivity contribution is 5.61.